The largest absolute Gasteiger partial charge is 0.384 e. The highest BCUT2D eigenvalue weighted by atomic mass is 15.2. The second-order valence-corrected chi connectivity index (χ2v) is 4.91. The molecule has 0 radical (unpaired) electrons. The van der Waals surface area contributed by atoms with Crippen LogP contribution in [0.5, 0.6) is 0 Å². The van der Waals surface area contributed by atoms with Gasteiger partial charge in [0.15, 0.2) is 0 Å². The molecule has 0 amide bonds. The summed E-state index contributed by atoms with van der Waals surface area (Å²) in [6, 6.07) is 4.20. The first-order chi connectivity index (χ1) is 7.91. The minimum absolute atomic E-state index is 0.0573. The first-order valence-corrected chi connectivity index (χ1v) is 5.95. The first-order valence-electron chi connectivity index (χ1n) is 5.95. The van der Waals surface area contributed by atoms with Gasteiger partial charge in [-0.1, -0.05) is 13.8 Å². The first kappa shape index (κ1) is 13.5. The van der Waals surface area contributed by atoms with E-state index in [1.54, 1.807) is 6.20 Å². The summed E-state index contributed by atoms with van der Waals surface area (Å²) in [6.45, 7) is 6.63. The van der Waals surface area contributed by atoms with Gasteiger partial charge in [0.25, 0.3) is 0 Å². The van der Waals surface area contributed by atoms with E-state index in [9.17, 15) is 0 Å². The summed E-state index contributed by atoms with van der Waals surface area (Å²) in [5, 5.41) is 7.31. The van der Waals surface area contributed by atoms with Crippen molar-refractivity contribution >= 4 is 11.7 Å². The third-order valence-corrected chi connectivity index (χ3v) is 2.89. The van der Waals surface area contributed by atoms with Gasteiger partial charge in [-0.2, -0.15) is 0 Å². The molecule has 1 aromatic heterocycles. The Balaban J connectivity index is 2.75. The van der Waals surface area contributed by atoms with Crippen LogP contribution in [0.1, 0.15) is 32.8 Å². The number of rotatable bonds is 5. The predicted octanol–water partition coefficient (Wildman–Crippen LogP) is 2.24. The average Bonchev–Trinajstić information content (AvgIpc) is 2.27. The van der Waals surface area contributed by atoms with E-state index >= 15 is 0 Å². The van der Waals surface area contributed by atoms with Crippen LogP contribution in [0.4, 0.5) is 5.82 Å². The Kier molecular flexibility index (Phi) is 4.49. The van der Waals surface area contributed by atoms with Crippen LogP contribution in [-0.4, -0.2) is 23.9 Å². The number of nitrogens with zero attached hydrogens (tertiary/aromatic N) is 2. The number of aromatic nitrogens is 1. The van der Waals surface area contributed by atoms with Crippen LogP contribution in [-0.2, 0) is 0 Å². The zero-order valence-corrected chi connectivity index (χ0v) is 11.1. The monoisotopic (exact) mass is 234 g/mol. The molecule has 94 valence electrons. The summed E-state index contributed by atoms with van der Waals surface area (Å²) in [6.07, 6.45) is 2.78. The van der Waals surface area contributed by atoms with Crippen molar-refractivity contribution in [3.05, 3.63) is 23.9 Å². The second-order valence-electron chi connectivity index (χ2n) is 4.91. The molecule has 0 aromatic carbocycles. The molecule has 3 N–H and O–H groups in total. The van der Waals surface area contributed by atoms with Gasteiger partial charge in [0.1, 0.15) is 11.7 Å². The van der Waals surface area contributed by atoms with Gasteiger partial charge < -0.3 is 10.6 Å². The number of nitrogens with two attached hydrogens (primary N) is 1. The Bertz CT molecular complexity index is 370. The fraction of sp³-hybridized carbons (Fsp3) is 0.538. The maximum Gasteiger partial charge on any atom is 0.128 e. The number of amidine groups is 1. The van der Waals surface area contributed by atoms with E-state index < -0.39 is 0 Å². The van der Waals surface area contributed by atoms with Crippen molar-refractivity contribution in [1.82, 2.24) is 4.98 Å². The highest BCUT2D eigenvalue weighted by Crippen LogP contribution is 2.16. The Labute approximate surface area is 103 Å². The number of hydrogen-bond acceptors (Lipinski definition) is 3. The molecule has 17 heavy (non-hydrogen) atoms. The van der Waals surface area contributed by atoms with Crippen molar-refractivity contribution < 1.29 is 0 Å². The van der Waals surface area contributed by atoms with Gasteiger partial charge in [0.2, 0.25) is 0 Å². The molecule has 0 saturated carbocycles. The van der Waals surface area contributed by atoms with Crippen LogP contribution in [0.2, 0.25) is 0 Å². The number of anilines is 1. The van der Waals surface area contributed by atoms with Crippen LogP contribution in [0.25, 0.3) is 0 Å². The quantitative estimate of drug-likeness (QED) is 0.606. The van der Waals surface area contributed by atoms with Crippen LogP contribution < -0.4 is 10.6 Å². The van der Waals surface area contributed by atoms with Crippen molar-refractivity contribution in [2.75, 3.05) is 11.9 Å². The van der Waals surface area contributed by atoms with E-state index in [4.69, 9.17) is 11.1 Å². The van der Waals surface area contributed by atoms with Gasteiger partial charge in [0, 0.05) is 24.8 Å². The molecule has 1 heterocycles. The van der Waals surface area contributed by atoms with Gasteiger partial charge >= 0.3 is 0 Å². The molecule has 0 aliphatic heterocycles. The average molecular weight is 234 g/mol. The molecule has 0 fully saturated rings. The third-order valence-electron chi connectivity index (χ3n) is 2.89. The summed E-state index contributed by atoms with van der Waals surface area (Å²) in [5.74, 6) is 1.65. The summed E-state index contributed by atoms with van der Waals surface area (Å²) >= 11 is 0. The Morgan fingerprint density at radius 1 is 1.41 bits per heavy atom. The standard InChI is InChI=1S/C13H22N4/c1-9(2)7-10(3)17(4)12-6-5-11(8-16-12)13(14)15/h5-6,8-10H,7H2,1-4H3,(H3,14,15). The SMILES string of the molecule is CC(C)CC(C)N(C)c1ccc(C(=N)N)cn1. The van der Waals surface area contributed by atoms with E-state index in [2.05, 4.69) is 30.7 Å². The van der Waals surface area contributed by atoms with Crippen molar-refractivity contribution in [3.63, 3.8) is 0 Å². The summed E-state index contributed by atoms with van der Waals surface area (Å²) in [4.78, 5) is 6.49. The Hall–Kier alpha value is -1.58. The minimum atomic E-state index is 0.0573. The second kappa shape index (κ2) is 5.66. The normalized spacial score (nSPS) is 12.5. The van der Waals surface area contributed by atoms with Gasteiger partial charge in [-0.3, -0.25) is 5.41 Å². The lowest BCUT2D eigenvalue weighted by Gasteiger charge is -2.27. The molecule has 4 heteroatoms. The van der Waals surface area contributed by atoms with Crippen molar-refractivity contribution in [2.24, 2.45) is 11.7 Å². The van der Waals surface area contributed by atoms with Gasteiger partial charge in [0.05, 0.1) is 0 Å². The van der Waals surface area contributed by atoms with Crippen molar-refractivity contribution in [1.29, 1.82) is 5.41 Å². The van der Waals surface area contributed by atoms with Crippen LogP contribution in [0.3, 0.4) is 0 Å². The topological polar surface area (TPSA) is 66.0 Å². The lowest BCUT2D eigenvalue weighted by atomic mass is 10.0. The number of nitrogens with one attached hydrogen (secondary N) is 1. The van der Waals surface area contributed by atoms with Crippen molar-refractivity contribution in [2.45, 2.75) is 33.2 Å². The van der Waals surface area contributed by atoms with E-state index in [-0.39, 0.29) is 5.84 Å². The zero-order chi connectivity index (χ0) is 13.0. The smallest absolute Gasteiger partial charge is 0.128 e. The van der Waals surface area contributed by atoms with Gasteiger partial charge in [-0.25, -0.2) is 4.98 Å². The fourth-order valence-corrected chi connectivity index (χ4v) is 1.82. The predicted molar refractivity (Wildman–Crippen MR) is 72.6 cm³/mol. The summed E-state index contributed by atoms with van der Waals surface area (Å²) in [5.41, 5.74) is 6.06. The zero-order valence-electron chi connectivity index (χ0n) is 11.1. The van der Waals surface area contributed by atoms with E-state index in [1.807, 2.05) is 19.2 Å². The molecule has 0 bridgehead atoms. The molecule has 0 aliphatic carbocycles. The fourth-order valence-electron chi connectivity index (χ4n) is 1.82. The molecule has 0 saturated heterocycles. The third kappa shape index (κ3) is 3.73. The van der Waals surface area contributed by atoms with Gasteiger partial charge in [-0.05, 0) is 31.4 Å². The molecule has 1 rings (SSSR count). The molecule has 0 spiro atoms. The lowest BCUT2D eigenvalue weighted by molar-refractivity contribution is 0.502. The summed E-state index contributed by atoms with van der Waals surface area (Å²) < 4.78 is 0. The maximum atomic E-state index is 7.31. The Morgan fingerprint density at radius 2 is 2.06 bits per heavy atom. The molecular formula is C13H22N4. The molecule has 0 aliphatic rings. The molecule has 1 unspecified atom stereocenters. The lowest BCUT2D eigenvalue weighted by Crippen LogP contribution is -2.30. The van der Waals surface area contributed by atoms with Gasteiger partial charge in [-0.15, -0.1) is 0 Å². The van der Waals surface area contributed by atoms with Crippen molar-refractivity contribution in [3.8, 4) is 0 Å². The molecular weight excluding hydrogens is 212 g/mol. The Morgan fingerprint density at radius 3 is 2.47 bits per heavy atom. The highest BCUT2D eigenvalue weighted by molar-refractivity contribution is 5.94. The maximum absolute atomic E-state index is 7.31. The van der Waals surface area contributed by atoms with E-state index in [0.717, 1.165) is 12.2 Å². The highest BCUT2D eigenvalue weighted by Gasteiger charge is 2.12. The number of pyridine rings is 1. The van der Waals surface area contributed by atoms with Crippen LogP contribution in [0.15, 0.2) is 18.3 Å². The van der Waals surface area contributed by atoms with E-state index in [0.29, 0.717) is 17.5 Å². The van der Waals surface area contributed by atoms with E-state index in [1.165, 1.54) is 0 Å². The molecule has 4 nitrogen and oxygen atoms in total. The number of nitrogen functional groups attached to an aromatic ring is 1. The summed E-state index contributed by atoms with van der Waals surface area (Å²) in [7, 11) is 2.04. The number of hydrogen-bond donors (Lipinski definition) is 2. The van der Waals surface area contributed by atoms with Crippen LogP contribution in [0, 0.1) is 11.3 Å². The minimum Gasteiger partial charge on any atom is -0.384 e. The molecule has 1 aromatic rings. The van der Waals surface area contributed by atoms with Crippen LogP contribution >= 0.6 is 0 Å². The molecule has 1 atom stereocenters.